The highest BCUT2D eigenvalue weighted by molar-refractivity contribution is 9.10. The first kappa shape index (κ1) is 18.1. The third kappa shape index (κ3) is 4.29. The number of carbonyl (C=O) groups is 3. The number of carbonyl (C=O) groups excluding carboxylic acids is 3. The maximum absolute atomic E-state index is 12.3. The summed E-state index contributed by atoms with van der Waals surface area (Å²) in [5.41, 5.74) is 1.62. The predicted molar refractivity (Wildman–Crippen MR) is 97.0 cm³/mol. The summed E-state index contributed by atoms with van der Waals surface area (Å²) in [5.74, 6) is -0.638. The molecule has 2 bridgehead atoms. The van der Waals surface area contributed by atoms with Gasteiger partial charge in [0.05, 0.1) is 5.92 Å². The van der Waals surface area contributed by atoms with Gasteiger partial charge in [0.25, 0.3) is 5.91 Å². The van der Waals surface area contributed by atoms with Gasteiger partial charge in [-0.3, -0.25) is 14.4 Å². The van der Waals surface area contributed by atoms with Gasteiger partial charge in [-0.05, 0) is 56.4 Å². The number of aryl methyl sites for hydroxylation is 1. The fourth-order valence-corrected chi connectivity index (χ4v) is 4.36. The molecule has 2 aliphatic carbocycles. The van der Waals surface area contributed by atoms with Crippen molar-refractivity contribution in [2.75, 3.05) is 11.9 Å². The van der Waals surface area contributed by atoms with E-state index in [4.69, 9.17) is 4.74 Å². The summed E-state index contributed by atoms with van der Waals surface area (Å²) in [6.07, 6.45) is 3.96. The highest BCUT2D eigenvalue weighted by Crippen LogP contribution is 2.40. The van der Waals surface area contributed by atoms with Crippen molar-refractivity contribution in [2.45, 2.75) is 39.0 Å². The number of esters is 1. The van der Waals surface area contributed by atoms with Gasteiger partial charge in [-0.1, -0.05) is 22.4 Å². The lowest BCUT2D eigenvalue weighted by molar-refractivity contribution is -0.155. The number of ether oxygens (including phenoxy) is 1. The molecule has 0 spiro atoms. The highest BCUT2D eigenvalue weighted by atomic mass is 79.9. The molecule has 2 saturated carbocycles. The van der Waals surface area contributed by atoms with Crippen LogP contribution in [0.2, 0.25) is 0 Å². The number of hydrogen-bond donors (Lipinski definition) is 1. The van der Waals surface area contributed by atoms with Crippen LogP contribution in [-0.4, -0.2) is 24.3 Å². The van der Waals surface area contributed by atoms with Crippen LogP contribution in [0.5, 0.6) is 0 Å². The topological polar surface area (TPSA) is 72.5 Å². The number of amides is 1. The number of benzene rings is 1. The molecule has 1 aromatic carbocycles. The van der Waals surface area contributed by atoms with Crippen molar-refractivity contribution in [3.05, 3.63) is 28.2 Å². The molecule has 2 atom stereocenters. The van der Waals surface area contributed by atoms with Crippen molar-refractivity contribution in [3.63, 3.8) is 0 Å². The molecule has 25 heavy (non-hydrogen) atoms. The van der Waals surface area contributed by atoms with E-state index in [1.807, 2.05) is 19.1 Å². The van der Waals surface area contributed by atoms with Crippen LogP contribution in [0, 0.1) is 24.7 Å². The minimum Gasteiger partial charge on any atom is -0.455 e. The van der Waals surface area contributed by atoms with Gasteiger partial charge in [0, 0.05) is 22.0 Å². The second-order valence-corrected chi connectivity index (χ2v) is 7.93. The summed E-state index contributed by atoms with van der Waals surface area (Å²) in [4.78, 5) is 36.4. The first-order chi connectivity index (χ1) is 11.9. The molecule has 6 heteroatoms. The zero-order valence-corrected chi connectivity index (χ0v) is 15.8. The average Bonchev–Trinajstić information content (AvgIpc) is 2.55. The van der Waals surface area contributed by atoms with Crippen LogP contribution in [0.1, 0.15) is 37.7 Å². The number of ketones is 1. The monoisotopic (exact) mass is 407 g/mol. The summed E-state index contributed by atoms with van der Waals surface area (Å²) in [6.45, 7) is 1.60. The predicted octanol–water partition coefficient (Wildman–Crippen LogP) is 3.63. The third-order valence-corrected chi connectivity index (χ3v) is 5.68. The van der Waals surface area contributed by atoms with Crippen LogP contribution >= 0.6 is 15.9 Å². The first-order valence-electron chi connectivity index (χ1n) is 8.70. The van der Waals surface area contributed by atoms with E-state index in [1.54, 1.807) is 6.07 Å². The normalized spacial score (nSPS) is 25.4. The number of rotatable bonds is 4. The SMILES string of the molecule is Cc1cc(Br)ccc1NC(=O)COC(=O)C1C[C@H]2CCC[C@H](C1)C2=O. The van der Waals surface area contributed by atoms with Gasteiger partial charge in [0.15, 0.2) is 6.61 Å². The molecule has 0 aliphatic heterocycles. The van der Waals surface area contributed by atoms with Gasteiger partial charge < -0.3 is 10.1 Å². The Hall–Kier alpha value is -1.69. The van der Waals surface area contributed by atoms with Gasteiger partial charge in [-0.25, -0.2) is 0 Å². The van der Waals surface area contributed by atoms with Crippen LogP contribution in [0.3, 0.4) is 0 Å². The number of hydrogen-bond acceptors (Lipinski definition) is 4. The second kappa shape index (κ2) is 7.68. The Balaban J connectivity index is 1.50. The summed E-state index contributed by atoms with van der Waals surface area (Å²) in [5, 5.41) is 2.75. The lowest BCUT2D eigenvalue weighted by Gasteiger charge is -2.36. The Kier molecular flexibility index (Phi) is 5.57. The molecule has 2 fully saturated rings. The van der Waals surface area contributed by atoms with Gasteiger partial charge in [0.1, 0.15) is 5.78 Å². The summed E-state index contributed by atoms with van der Waals surface area (Å²) < 4.78 is 6.14. The summed E-state index contributed by atoms with van der Waals surface area (Å²) in [6, 6.07) is 5.54. The smallest absolute Gasteiger partial charge is 0.309 e. The lowest BCUT2D eigenvalue weighted by Crippen LogP contribution is -2.40. The molecule has 0 unspecified atom stereocenters. The fourth-order valence-electron chi connectivity index (χ4n) is 3.88. The van der Waals surface area contributed by atoms with Crippen molar-refractivity contribution in [2.24, 2.45) is 17.8 Å². The van der Waals surface area contributed by atoms with E-state index in [2.05, 4.69) is 21.2 Å². The van der Waals surface area contributed by atoms with E-state index in [9.17, 15) is 14.4 Å². The quantitative estimate of drug-likeness (QED) is 0.773. The summed E-state index contributed by atoms with van der Waals surface area (Å²) in [7, 11) is 0. The molecule has 0 aromatic heterocycles. The standard InChI is InChI=1S/C19H22BrNO4/c1-11-7-15(20)5-6-16(11)21-17(22)10-25-19(24)14-8-12-3-2-4-13(9-14)18(12)23/h5-7,12-14H,2-4,8-10H2,1H3,(H,21,22)/t12-,13-/m1/s1. The molecule has 0 radical (unpaired) electrons. The van der Waals surface area contributed by atoms with E-state index in [0.29, 0.717) is 24.3 Å². The number of nitrogens with one attached hydrogen (secondary N) is 1. The van der Waals surface area contributed by atoms with Crippen molar-refractivity contribution in [1.82, 2.24) is 0 Å². The van der Waals surface area contributed by atoms with Crippen LogP contribution in [-0.2, 0) is 19.1 Å². The molecule has 0 heterocycles. The minimum absolute atomic E-state index is 0.00397. The maximum Gasteiger partial charge on any atom is 0.309 e. The Morgan fingerprint density at radius 2 is 1.92 bits per heavy atom. The van der Waals surface area contributed by atoms with Gasteiger partial charge in [0.2, 0.25) is 0 Å². The van der Waals surface area contributed by atoms with E-state index < -0.39 is 0 Å². The molecule has 0 saturated heterocycles. The Labute approximate surface area is 155 Å². The number of fused-ring (bicyclic) bond motifs is 2. The van der Waals surface area contributed by atoms with E-state index in [0.717, 1.165) is 29.3 Å². The van der Waals surface area contributed by atoms with Crippen LogP contribution in [0.4, 0.5) is 5.69 Å². The second-order valence-electron chi connectivity index (χ2n) is 7.01. The first-order valence-corrected chi connectivity index (χ1v) is 9.49. The van der Waals surface area contributed by atoms with E-state index in [-0.39, 0.29) is 36.2 Å². The molecule has 5 nitrogen and oxygen atoms in total. The van der Waals surface area contributed by atoms with Crippen LogP contribution < -0.4 is 5.32 Å². The third-order valence-electron chi connectivity index (χ3n) is 5.19. The van der Waals surface area contributed by atoms with E-state index in [1.165, 1.54) is 0 Å². The molecular formula is C19H22BrNO4. The molecular weight excluding hydrogens is 386 g/mol. The van der Waals surface area contributed by atoms with Crippen molar-refractivity contribution < 1.29 is 19.1 Å². The van der Waals surface area contributed by atoms with Crippen molar-refractivity contribution >= 4 is 39.3 Å². The molecule has 1 aromatic rings. The average molecular weight is 408 g/mol. The molecule has 134 valence electrons. The van der Waals surface area contributed by atoms with Crippen molar-refractivity contribution in [1.29, 1.82) is 0 Å². The zero-order chi connectivity index (χ0) is 18.0. The Bertz CT molecular complexity index is 687. The summed E-state index contributed by atoms with van der Waals surface area (Å²) >= 11 is 3.37. The maximum atomic E-state index is 12.3. The van der Waals surface area contributed by atoms with E-state index >= 15 is 0 Å². The number of anilines is 1. The minimum atomic E-state index is -0.356. The lowest BCUT2D eigenvalue weighted by atomic mass is 9.67. The zero-order valence-electron chi connectivity index (χ0n) is 14.2. The Morgan fingerprint density at radius 3 is 2.56 bits per heavy atom. The van der Waals surface area contributed by atoms with Gasteiger partial charge in [-0.2, -0.15) is 0 Å². The molecule has 3 rings (SSSR count). The molecule has 1 N–H and O–H groups in total. The molecule has 1 amide bonds. The fraction of sp³-hybridized carbons (Fsp3) is 0.526. The van der Waals surface area contributed by atoms with Crippen LogP contribution in [0.25, 0.3) is 0 Å². The molecule has 2 aliphatic rings. The van der Waals surface area contributed by atoms with Crippen molar-refractivity contribution in [3.8, 4) is 0 Å². The highest BCUT2D eigenvalue weighted by Gasteiger charge is 2.41. The van der Waals surface area contributed by atoms with Crippen LogP contribution in [0.15, 0.2) is 22.7 Å². The Morgan fingerprint density at radius 1 is 1.24 bits per heavy atom. The number of Topliss-reactive ketones (excluding diaryl/α,β-unsaturated/α-hetero) is 1. The number of halogens is 1. The van der Waals surface area contributed by atoms with Gasteiger partial charge in [-0.15, -0.1) is 0 Å². The van der Waals surface area contributed by atoms with Gasteiger partial charge >= 0.3 is 5.97 Å². The largest absolute Gasteiger partial charge is 0.455 e.